The molecule has 1 aromatic rings. The van der Waals surface area contributed by atoms with E-state index < -0.39 is 0 Å². The molecule has 1 saturated heterocycles. The predicted octanol–water partition coefficient (Wildman–Crippen LogP) is 1.76. The van der Waals surface area contributed by atoms with E-state index in [4.69, 9.17) is 10.5 Å². The standard InChI is InChI=1S/C18H29N3O2/c1-18(2,19)13-21-10-8-15(9-11-21)17(22)20-12-14-4-6-16(23-3)7-5-14/h4-7,15H,8-13,19H2,1-3H3,(H,20,22). The fraction of sp³-hybridized carbons (Fsp3) is 0.611. The van der Waals surface area contributed by atoms with E-state index in [1.165, 1.54) is 0 Å². The lowest BCUT2D eigenvalue weighted by Crippen LogP contribution is -2.49. The Morgan fingerprint density at radius 3 is 2.43 bits per heavy atom. The van der Waals surface area contributed by atoms with E-state index in [1.807, 2.05) is 38.1 Å². The summed E-state index contributed by atoms with van der Waals surface area (Å²) in [6, 6.07) is 7.78. The SMILES string of the molecule is COc1ccc(CNC(=O)C2CCN(CC(C)(C)N)CC2)cc1. The van der Waals surface area contributed by atoms with Gasteiger partial charge in [-0.2, -0.15) is 0 Å². The smallest absolute Gasteiger partial charge is 0.223 e. The van der Waals surface area contributed by atoms with Crippen molar-refractivity contribution >= 4 is 5.91 Å². The quantitative estimate of drug-likeness (QED) is 0.838. The van der Waals surface area contributed by atoms with Crippen molar-refractivity contribution in [2.24, 2.45) is 11.7 Å². The van der Waals surface area contributed by atoms with Crippen LogP contribution in [0, 0.1) is 5.92 Å². The average Bonchev–Trinajstić information content (AvgIpc) is 2.52. The number of hydrogen-bond acceptors (Lipinski definition) is 4. The topological polar surface area (TPSA) is 67.6 Å². The third-order valence-electron chi connectivity index (χ3n) is 4.22. The van der Waals surface area contributed by atoms with Crippen LogP contribution in [0.15, 0.2) is 24.3 Å². The van der Waals surface area contributed by atoms with Gasteiger partial charge in [0.15, 0.2) is 0 Å². The van der Waals surface area contributed by atoms with Gasteiger partial charge in [-0.15, -0.1) is 0 Å². The van der Waals surface area contributed by atoms with Gasteiger partial charge in [0.25, 0.3) is 0 Å². The minimum Gasteiger partial charge on any atom is -0.497 e. The van der Waals surface area contributed by atoms with Crippen molar-refractivity contribution in [1.82, 2.24) is 10.2 Å². The van der Waals surface area contributed by atoms with Crippen molar-refractivity contribution < 1.29 is 9.53 Å². The molecular weight excluding hydrogens is 290 g/mol. The van der Waals surface area contributed by atoms with Gasteiger partial charge in [-0.1, -0.05) is 12.1 Å². The van der Waals surface area contributed by atoms with Crippen LogP contribution in [0.3, 0.4) is 0 Å². The van der Waals surface area contributed by atoms with Gasteiger partial charge in [0.2, 0.25) is 5.91 Å². The maximum atomic E-state index is 12.3. The number of hydrogen-bond donors (Lipinski definition) is 2. The molecule has 0 atom stereocenters. The highest BCUT2D eigenvalue weighted by Gasteiger charge is 2.26. The molecular formula is C18H29N3O2. The molecule has 5 heteroatoms. The van der Waals surface area contributed by atoms with E-state index in [1.54, 1.807) is 7.11 Å². The lowest BCUT2D eigenvalue weighted by Gasteiger charge is -2.35. The summed E-state index contributed by atoms with van der Waals surface area (Å²) in [4.78, 5) is 14.7. The normalized spacial score (nSPS) is 17.0. The van der Waals surface area contributed by atoms with Crippen molar-refractivity contribution in [2.75, 3.05) is 26.7 Å². The summed E-state index contributed by atoms with van der Waals surface area (Å²) in [6.45, 7) is 7.43. The number of nitrogens with two attached hydrogens (primary N) is 1. The molecule has 1 aliphatic heterocycles. The number of benzene rings is 1. The highest BCUT2D eigenvalue weighted by atomic mass is 16.5. The summed E-state index contributed by atoms with van der Waals surface area (Å²) < 4.78 is 5.13. The Morgan fingerprint density at radius 1 is 1.30 bits per heavy atom. The molecule has 5 nitrogen and oxygen atoms in total. The molecule has 128 valence electrons. The maximum absolute atomic E-state index is 12.3. The molecule has 1 aliphatic rings. The van der Waals surface area contributed by atoms with Gasteiger partial charge < -0.3 is 20.7 Å². The first-order valence-corrected chi connectivity index (χ1v) is 8.29. The Labute approximate surface area is 139 Å². The molecule has 1 heterocycles. The molecule has 0 radical (unpaired) electrons. The summed E-state index contributed by atoms with van der Waals surface area (Å²) in [6.07, 6.45) is 1.81. The molecule has 1 fully saturated rings. The number of nitrogens with zero attached hydrogens (tertiary/aromatic N) is 1. The van der Waals surface area contributed by atoms with Crippen molar-refractivity contribution in [3.8, 4) is 5.75 Å². The van der Waals surface area contributed by atoms with Crippen molar-refractivity contribution in [1.29, 1.82) is 0 Å². The number of piperidine rings is 1. The summed E-state index contributed by atoms with van der Waals surface area (Å²) in [5.74, 6) is 1.10. The van der Waals surface area contributed by atoms with Crippen LogP contribution in [0.25, 0.3) is 0 Å². The van der Waals surface area contributed by atoms with Gasteiger partial charge in [-0.05, 0) is 57.5 Å². The zero-order chi connectivity index (χ0) is 16.9. The van der Waals surface area contributed by atoms with E-state index in [2.05, 4.69) is 10.2 Å². The third-order valence-corrected chi connectivity index (χ3v) is 4.22. The lowest BCUT2D eigenvalue weighted by molar-refractivity contribution is -0.126. The van der Waals surface area contributed by atoms with Crippen LogP contribution in [0.2, 0.25) is 0 Å². The van der Waals surface area contributed by atoms with Crippen LogP contribution in [-0.2, 0) is 11.3 Å². The van der Waals surface area contributed by atoms with Gasteiger partial charge in [0, 0.05) is 24.5 Å². The number of methoxy groups -OCH3 is 1. The summed E-state index contributed by atoms with van der Waals surface area (Å²) in [5.41, 5.74) is 6.97. The Kier molecular flexibility index (Phi) is 6.02. The minimum absolute atomic E-state index is 0.116. The summed E-state index contributed by atoms with van der Waals surface area (Å²) >= 11 is 0. The molecule has 0 aromatic heterocycles. The number of carbonyl (C=O) groups is 1. The van der Waals surface area contributed by atoms with E-state index in [0.29, 0.717) is 6.54 Å². The van der Waals surface area contributed by atoms with E-state index in [9.17, 15) is 4.79 Å². The zero-order valence-corrected chi connectivity index (χ0v) is 14.5. The number of amides is 1. The molecule has 23 heavy (non-hydrogen) atoms. The zero-order valence-electron chi connectivity index (χ0n) is 14.5. The number of carbonyl (C=O) groups excluding carboxylic acids is 1. The first kappa shape index (κ1) is 17.8. The minimum atomic E-state index is -0.177. The largest absolute Gasteiger partial charge is 0.497 e. The first-order chi connectivity index (χ1) is 10.9. The van der Waals surface area contributed by atoms with Crippen molar-refractivity contribution in [3.63, 3.8) is 0 Å². The maximum Gasteiger partial charge on any atom is 0.223 e. The lowest BCUT2D eigenvalue weighted by atomic mass is 9.94. The number of nitrogens with one attached hydrogen (secondary N) is 1. The Hall–Kier alpha value is -1.59. The summed E-state index contributed by atoms with van der Waals surface area (Å²) in [7, 11) is 1.65. The first-order valence-electron chi connectivity index (χ1n) is 8.29. The molecule has 0 spiro atoms. The predicted molar refractivity (Wildman–Crippen MR) is 92.3 cm³/mol. The molecule has 1 amide bonds. The Morgan fingerprint density at radius 2 is 1.91 bits per heavy atom. The fourth-order valence-corrected chi connectivity index (χ4v) is 3.01. The number of likely N-dealkylation sites (tertiary alicyclic amines) is 1. The molecule has 0 bridgehead atoms. The molecule has 1 aromatic carbocycles. The van der Waals surface area contributed by atoms with Crippen LogP contribution in [0.4, 0.5) is 0 Å². The van der Waals surface area contributed by atoms with Gasteiger partial charge in [-0.3, -0.25) is 4.79 Å². The Bertz CT molecular complexity index is 500. The van der Waals surface area contributed by atoms with E-state index >= 15 is 0 Å². The van der Waals surface area contributed by atoms with E-state index in [0.717, 1.165) is 43.8 Å². The van der Waals surface area contributed by atoms with Gasteiger partial charge in [0.1, 0.15) is 5.75 Å². The van der Waals surface area contributed by atoms with Crippen LogP contribution in [0.5, 0.6) is 5.75 Å². The third kappa shape index (κ3) is 5.84. The number of rotatable bonds is 6. The fourth-order valence-electron chi connectivity index (χ4n) is 3.01. The molecule has 0 aliphatic carbocycles. The highest BCUT2D eigenvalue weighted by molar-refractivity contribution is 5.78. The molecule has 2 rings (SSSR count). The van der Waals surface area contributed by atoms with Crippen molar-refractivity contribution in [3.05, 3.63) is 29.8 Å². The van der Waals surface area contributed by atoms with Gasteiger partial charge in [0.05, 0.1) is 7.11 Å². The van der Waals surface area contributed by atoms with Crippen molar-refractivity contribution in [2.45, 2.75) is 38.8 Å². The monoisotopic (exact) mass is 319 g/mol. The van der Waals surface area contributed by atoms with Crippen LogP contribution < -0.4 is 15.8 Å². The van der Waals surface area contributed by atoms with Crippen LogP contribution in [0.1, 0.15) is 32.3 Å². The second-order valence-corrected chi connectivity index (χ2v) is 7.10. The Balaban J connectivity index is 1.74. The highest BCUT2D eigenvalue weighted by Crippen LogP contribution is 2.19. The van der Waals surface area contributed by atoms with Gasteiger partial charge in [-0.25, -0.2) is 0 Å². The second-order valence-electron chi connectivity index (χ2n) is 7.10. The average molecular weight is 319 g/mol. The van der Waals surface area contributed by atoms with E-state index in [-0.39, 0.29) is 17.4 Å². The molecule has 0 unspecified atom stereocenters. The van der Waals surface area contributed by atoms with Crippen LogP contribution >= 0.6 is 0 Å². The van der Waals surface area contributed by atoms with Crippen LogP contribution in [-0.4, -0.2) is 43.1 Å². The number of ether oxygens (including phenoxy) is 1. The second kappa shape index (κ2) is 7.79. The molecule has 0 saturated carbocycles. The molecule has 3 N–H and O–H groups in total. The van der Waals surface area contributed by atoms with Gasteiger partial charge >= 0.3 is 0 Å². The summed E-state index contributed by atoms with van der Waals surface area (Å²) in [5, 5.41) is 3.05.